The van der Waals surface area contributed by atoms with Crippen LogP contribution in [0.25, 0.3) is 0 Å². The van der Waals surface area contributed by atoms with Gasteiger partial charge >= 0.3 is 153 Å². The van der Waals surface area contributed by atoms with E-state index >= 15 is 0 Å². The van der Waals surface area contributed by atoms with Gasteiger partial charge in [0.05, 0.1) is 0 Å². The third-order valence-corrected chi connectivity index (χ3v) is 14.9. The molecule has 22 heavy (non-hydrogen) atoms. The van der Waals surface area contributed by atoms with E-state index in [1.165, 1.54) is 12.8 Å². The van der Waals surface area contributed by atoms with E-state index < -0.39 is 22.1 Å². The Balaban J connectivity index is 2.08. The number of hydrogen-bond donors (Lipinski definition) is 0. The molecule has 0 bridgehead atoms. The second-order valence-corrected chi connectivity index (χ2v) is 17.0. The van der Waals surface area contributed by atoms with Crippen LogP contribution in [0.3, 0.4) is 0 Å². The van der Waals surface area contributed by atoms with Crippen LogP contribution in [-0.4, -0.2) is 12.1 Å². The Morgan fingerprint density at radius 2 is 1.95 bits per heavy atom. The zero-order valence-corrected chi connectivity index (χ0v) is 20.9. The first kappa shape index (κ1) is 18.4. The third kappa shape index (κ3) is 4.80. The average Bonchev–Trinajstić information content (AvgIpc) is 2.48. The van der Waals surface area contributed by atoms with Gasteiger partial charge in [0, 0.05) is 0 Å². The van der Waals surface area contributed by atoms with Gasteiger partial charge in [-0.05, 0) is 0 Å². The minimum absolute atomic E-state index is 0.00578. The van der Waals surface area contributed by atoms with Gasteiger partial charge in [-0.3, -0.25) is 0 Å². The molecule has 0 unspecified atom stereocenters. The summed E-state index contributed by atoms with van der Waals surface area (Å²) in [5.74, 6) is 1.77. The van der Waals surface area contributed by atoms with Gasteiger partial charge in [0.25, 0.3) is 0 Å². The van der Waals surface area contributed by atoms with Crippen molar-refractivity contribution in [2.24, 2.45) is 17.8 Å². The molecule has 1 aromatic carbocycles. The van der Waals surface area contributed by atoms with E-state index in [2.05, 4.69) is 44.8 Å². The van der Waals surface area contributed by atoms with Crippen molar-refractivity contribution in [3.05, 3.63) is 35.9 Å². The normalized spacial score (nSPS) is 26.3. The summed E-state index contributed by atoms with van der Waals surface area (Å²) in [5.41, 5.74) is 1.12. The van der Waals surface area contributed by atoms with Crippen LogP contribution < -0.4 is 0 Å². The summed E-state index contributed by atoms with van der Waals surface area (Å²) >= 11 is 2.25. The summed E-state index contributed by atoms with van der Waals surface area (Å²) in [6.07, 6.45) is 3.58. The standard InChI is InChI=1S/C18H25O2.BrH.Hg/c1-13(2)16-10-9-14(3)11-17(16)20-18(19)12-15-7-5-4-6-8-15;;/h4-8,12-14,16-17H,9-11H2,1-3H3;1H;/q;;+1/p-1/t14-,16+,17-;;/m1../s1. The molecule has 0 aromatic heterocycles. The van der Waals surface area contributed by atoms with E-state index in [1.54, 1.807) is 0 Å². The molecule has 2 nitrogen and oxygen atoms in total. The van der Waals surface area contributed by atoms with Gasteiger partial charge in [-0.15, -0.1) is 0 Å². The van der Waals surface area contributed by atoms with E-state index in [9.17, 15) is 4.79 Å². The summed E-state index contributed by atoms with van der Waals surface area (Å²) < 4.78 is 6.04. The molecule has 1 aliphatic rings. The minimum atomic E-state index is -1.44. The molecule has 1 fully saturated rings. The Morgan fingerprint density at radius 1 is 1.27 bits per heavy atom. The van der Waals surface area contributed by atoms with Gasteiger partial charge in [0.1, 0.15) is 0 Å². The summed E-state index contributed by atoms with van der Waals surface area (Å²) in [4.78, 5) is 12.7. The zero-order chi connectivity index (χ0) is 16.1. The molecular weight excluding hydrogens is 529 g/mol. The van der Waals surface area contributed by atoms with Crippen molar-refractivity contribution in [1.82, 2.24) is 0 Å². The topological polar surface area (TPSA) is 26.3 Å². The molecule has 2 rings (SSSR count). The van der Waals surface area contributed by atoms with E-state index in [1.807, 2.05) is 18.2 Å². The van der Waals surface area contributed by atoms with E-state index in [-0.39, 0.29) is 15.5 Å². The van der Waals surface area contributed by atoms with Gasteiger partial charge in [0.15, 0.2) is 0 Å². The summed E-state index contributed by atoms with van der Waals surface area (Å²) in [5, 5.41) is 0. The molecule has 0 N–H and O–H groups in total. The Labute approximate surface area is 152 Å². The van der Waals surface area contributed by atoms with Gasteiger partial charge in [-0.25, -0.2) is 0 Å². The average molecular weight is 554 g/mol. The number of hydrogen-bond acceptors (Lipinski definition) is 2. The first-order chi connectivity index (χ1) is 10.5. The van der Waals surface area contributed by atoms with E-state index in [4.69, 9.17) is 4.74 Å². The second kappa shape index (κ2) is 8.82. The van der Waals surface area contributed by atoms with Gasteiger partial charge < -0.3 is 0 Å². The van der Waals surface area contributed by atoms with E-state index in [0.29, 0.717) is 17.8 Å². The molecule has 4 heteroatoms. The fraction of sp³-hybridized carbons (Fsp3) is 0.611. The molecule has 0 saturated heterocycles. The molecule has 1 aliphatic carbocycles. The van der Waals surface area contributed by atoms with Crippen LogP contribution in [0.15, 0.2) is 30.3 Å². The Hall–Kier alpha value is 0.105. The number of esters is 1. The van der Waals surface area contributed by atoms with E-state index in [0.717, 1.165) is 12.0 Å². The van der Waals surface area contributed by atoms with Crippen LogP contribution >= 0.6 is 11.9 Å². The van der Waals surface area contributed by atoms with Crippen molar-refractivity contribution >= 4 is 17.9 Å². The summed E-state index contributed by atoms with van der Waals surface area (Å²) in [7, 11) is 0. The molecule has 1 saturated carbocycles. The van der Waals surface area contributed by atoms with Crippen LogP contribution in [0.2, 0.25) is 0 Å². The number of carbonyl (C=O) groups excluding carboxylic acids is 1. The van der Waals surface area contributed by atoms with Crippen LogP contribution in [0.5, 0.6) is 0 Å². The van der Waals surface area contributed by atoms with Gasteiger partial charge in [0.2, 0.25) is 0 Å². The first-order valence-electron chi connectivity index (χ1n) is 8.34. The molecule has 0 aliphatic heterocycles. The molecule has 4 atom stereocenters. The van der Waals surface area contributed by atoms with Crippen LogP contribution in [0.1, 0.15) is 49.0 Å². The van der Waals surface area contributed by atoms with Gasteiger partial charge in [-0.2, -0.15) is 0 Å². The fourth-order valence-electron chi connectivity index (χ4n) is 3.46. The number of halogens is 1. The SMILES string of the molecule is CC(C)[C@@H]1CC[C@@H](C)C[C@H]1OC(=O)[C@@H]([Hg][Br])c1ccccc1. The Kier molecular flexibility index (Phi) is 7.39. The maximum atomic E-state index is 12.7. The molecule has 0 heterocycles. The van der Waals surface area contributed by atoms with Crippen molar-refractivity contribution in [3.8, 4) is 0 Å². The summed E-state index contributed by atoms with van der Waals surface area (Å²) in [6.45, 7) is 6.78. The van der Waals surface area contributed by atoms with Crippen LogP contribution in [-0.2, 0) is 31.7 Å². The third-order valence-electron chi connectivity index (χ3n) is 4.87. The maximum absolute atomic E-state index is 12.7. The Morgan fingerprint density at radius 3 is 2.55 bits per heavy atom. The van der Waals surface area contributed by atoms with Crippen molar-refractivity contribution in [2.75, 3.05) is 0 Å². The number of rotatable bonds is 5. The van der Waals surface area contributed by atoms with Gasteiger partial charge in [-0.1, -0.05) is 0 Å². The van der Waals surface area contributed by atoms with Crippen molar-refractivity contribution in [3.63, 3.8) is 0 Å². The molecule has 118 valence electrons. The fourth-order valence-corrected chi connectivity index (χ4v) is 11.7. The monoisotopic (exact) mass is 554 g/mol. The summed E-state index contributed by atoms with van der Waals surface area (Å²) in [6, 6.07) is 10.1. The predicted molar refractivity (Wildman–Crippen MR) is 89.3 cm³/mol. The number of benzene rings is 1. The molecular formula is C18H25BrHgO2. The predicted octanol–water partition coefficient (Wildman–Crippen LogP) is 5.12. The molecule has 0 radical (unpaired) electrons. The molecule has 0 amide bonds. The van der Waals surface area contributed by atoms with Crippen molar-refractivity contribution in [2.45, 2.75) is 49.6 Å². The van der Waals surface area contributed by atoms with Crippen LogP contribution in [0, 0.1) is 17.8 Å². The van der Waals surface area contributed by atoms with Crippen LogP contribution in [0.4, 0.5) is 0 Å². The quantitative estimate of drug-likeness (QED) is 0.374. The molecule has 0 spiro atoms. The number of carbonyl (C=O) groups is 1. The Bertz CT molecular complexity index is 477. The van der Waals surface area contributed by atoms with Crippen molar-refractivity contribution < 1.29 is 31.7 Å². The first-order valence-corrected chi connectivity index (χ1v) is 23.4. The number of ether oxygens (including phenoxy) is 1. The zero-order valence-electron chi connectivity index (χ0n) is 13.8. The second-order valence-electron chi connectivity index (χ2n) is 6.92. The van der Waals surface area contributed by atoms with Crippen molar-refractivity contribution in [1.29, 1.82) is 0 Å². The molecule has 1 aromatic rings.